The Morgan fingerprint density at radius 2 is 2.14 bits per heavy atom. The minimum absolute atomic E-state index is 0.0100. The maximum atomic E-state index is 13.5. The number of rotatable bonds is 8. The van der Waals surface area contributed by atoms with Crippen molar-refractivity contribution in [3.05, 3.63) is 29.6 Å². The van der Waals surface area contributed by atoms with Gasteiger partial charge in [-0.2, -0.15) is 4.31 Å². The average molecular weight is 316 g/mol. The minimum Gasteiger partial charge on any atom is -0.383 e. The summed E-state index contributed by atoms with van der Waals surface area (Å²) in [5, 5.41) is 2.91. The number of methoxy groups -OCH3 is 1. The van der Waals surface area contributed by atoms with E-state index in [-0.39, 0.29) is 10.9 Å². The number of nitrogens with zero attached hydrogens (tertiary/aromatic N) is 1. The molecule has 0 bridgehead atoms. The molecule has 0 radical (unpaired) electrons. The van der Waals surface area contributed by atoms with Crippen molar-refractivity contribution in [1.82, 2.24) is 9.62 Å². The molecule has 1 aliphatic rings. The van der Waals surface area contributed by atoms with E-state index in [9.17, 15) is 12.8 Å². The molecule has 7 heteroatoms. The van der Waals surface area contributed by atoms with Crippen LogP contribution in [0, 0.1) is 5.82 Å². The lowest BCUT2D eigenvalue weighted by molar-refractivity contribution is 0.177. The summed E-state index contributed by atoms with van der Waals surface area (Å²) >= 11 is 0. The van der Waals surface area contributed by atoms with Gasteiger partial charge in [0.15, 0.2) is 0 Å². The van der Waals surface area contributed by atoms with E-state index in [0.29, 0.717) is 25.3 Å². The summed E-state index contributed by atoms with van der Waals surface area (Å²) in [6.45, 7) is 0.989. The monoisotopic (exact) mass is 316 g/mol. The van der Waals surface area contributed by atoms with Gasteiger partial charge in [0.1, 0.15) is 5.82 Å². The summed E-state index contributed by atoms with van der Waals surface area (Å²) in [5.74, 6) is -0.545. The highest BCUT2D eigenvalue weighted by Gasteiger charge is 2.38. The molecule has 1 fully saturated rings. The standard InChI is InChI=1S/C14H21FN2O3S/c1-16-10-11-3-4-12(15)9-14(11)21(18,19)17(7-8-20-2)13-5-6-13/h3-4,9,13,16H,5-8,10H2,1-2H3. The van der Waals surface area contributed by atoms with Gasteiger partial charge in [-0.1, -0.05) is 6.07 Å². The van der Waals surface area contributed by atoms with Crippen LogP contribution in [0.4, 0.5) is 4.39 Å². The van der Waals surface area contributed by atoms with E-state index in [0.717, 1.165) is 18.9 Å². The van der Waals surface area contributed by atoms with Crippen LogP contribution < -0.4 is 5.32 Å². The Morgan fingerprint density at radius 3 is 2.71 bits per heavy atom. The molecule has 21 heavy (non-hydrogen) atoms. The van der Waals surface area contributed by atoms with Crippen molar-refractivity contribution in [2.75, 3.05) is 27.3 Å². The molecule has 0 unspecified atom stereocenters. The second-order valence-electron chi connectivity index (χ2n) is 5.12. The van der Waals surface area contributed by atoms with E-state index in [1.165, 1.54) is 23.5 Å². The molecule has 1 saturated carbocycles. The molecule has 0 aromatic heterocycles. The van der Waals surface area contributed by atoms with E-state index in [1.807, 2.05) is 0 Å². The SMILES string of the molecule is CNCc1ccc(F)cc1S(=O)(=O)N(CCOC)C1CC1. The molecule has 1 N–H and O–H groups in total. The summed E-state index contributed by atoms with van der Waals surface area (Å²) in [5.41, 5.74) is 0.571. The van der Waals surface area contributed by atoms with Gasteiger partial charge in [-0.05, 0) is 37.6 Å². The lowest BCUT2D eigenvalue weighted by Crippen LogP contribution is -2.36. The number of hydrogen-bond donors (Lipinski definition) is 1. The van der Waals surface area contributed by atoms with Gasteiger partial charge in [0.05, 0.1) is 11.5 Å². The third-order valence-electron chi connectivity index (χ3n) is 3.45. The molecule has 0 heterocycles. The Kier molecular flexibility index (Phi) is 5.32. The third-order valence-corrected chi connectivity index (χ3v) is 5.49. The van der Waals surface area contributed by atoms with E-state index in [2.05, 4.69) is 5.32 Å². The van der Waals surface area contributed by atoms with Gasteiger partial charge in [0, 0.05) is 26.2 Å². The number of nitrogens with one attached hydrogen (secondary N) is 1. The normalized spacial score (nSPS) is 15.6. The van der Waals surface area contributed by atoms with Crippen molar-refractivity contribution >= 4 is 10.0 Å². The van der Waals surface area contributed by atoms with Crippen molar-refractivity contribution in [1.29, 1.82) is 0 Å². The zero-order chi connectivity index (χ0) is 15.5. The van der Waals surface area contributed by atoms with Crippen molar-refractivity contribution in [2.45, 2.75) is 30.3 Å². The maximum Gasteiger partial charge on any atom is 0.243 e. The van der Waals surface area contributed by atoms with Crippen LogP contribution in [0.25, 0.3) is 0 Å². The lowest BCUT2D eigenvalue weighted by atomic mass is 10.2. The Bertz CT molecular complexity index is 588. The fourth-order valence-electron chi connectivity index (χ4n) is 2.27. The first kappa shape index (κ1) is 16.4. The molecular formula is C14H21FN2O3S. The van der Waals surface area contributed by atoms with Crippen LogP contribution in [0.15, 0.2) is 23.1 Å². The Morgan fingerprint density at radius 1 is 1.43 bits per heavy atom. The number of halogens is 1. The van der Waals surface area contributed by atoms with Gasteiger partial charge in [0.25, 0.3) is 0 Å². The van der Waals surface area contributed by atoms with Gasteiger partial charge < -0.3 is 10.1 Å². The molecule has 0 atom stereocenters. The molecule has 0 amide bonds. The average Bonchev–Trinajstić information content (AvgIpc) is 3.26. The fourth-order valence-corrected chi connectivity index (χ4v) is 4.18. The molecule has 2 rings (SSSR count). The second kappa shape index (κ2) is 6.83. The first-order chi connectivity index (χ1) is 10.0. The fraction of sp³-hybridized carbons (Fsp3) is 0.571. The number of ether oxygens (including phenoxy) is 1. The zero-order valence-corrected chi connectivity index (χ0v) is 13.1. The maximum absolute atomic E-state index is 13.5. The topological polar surface area (TPSA) is 58.6 Å². The van der Waals surface area contributed by atoms with Crippen molar-refractivity contribution < 1.29 is 17.5 Å². The van der Waals surface area contributed by atoms with E-state index < -0.39 is 15.8 Å². The molecule has 1 aromatic carbocycles. The van der Waals surface area contributed by atoms with Crippen molar-refractivity contribution in [2.24, 2.45) is 0 Å². The van der Waals surface area contributed by atoms with Crippen LogP contribution in [-0.2, 0) is 21.3 Å². The van der Waals surface area contributed by atoms with Crippen molar-refractivity contribution in [3.8, 4) is 0 Å². The molecule has 118 valence electrons. The summed E-state index contributed by atoms with van der Waals surface area (Å²) < 4.78 is 45.6. The van der Waals surface area contributed by atoms with Gasteiger partial charge >= 0.3 is 0 Å². The highest BCUT2D eigenvalue weighted by atomic mass is 32.2. The van der Waals surface area contributed by atoms with E-state index >= 15 is 0 Å². The third kappa shape index (κ3) is 3.79. The molecule has 0 spiro atoms. The smallest absolute Gasteiger partial charge is 0.243 e. The molecule has 0 aliphatic heterocycles. The number of benzene rings is 1. The number of hydrogen-bond acceptors (Lipinski definition) is 4. The molecule has 0 saturated heterocycles. The predicted octanol–water partition coefficient (Wildman–Crippen LogP) is 1.34. The van der Waals surface area contributed by atoms with Crippen molar-refractivity contribution in [3.63, 3.8) is 0 Å². The van der Waals surface area contributed by atoms with Gasteiger partial charge in [0.2, 0.25) is 10.0 Å². The van der Waals surface area contributed by atoms with E-state index in [1.54, 1.807) is 7.05 Å². The molecular weight excluding hydrogens is 295 g/mol. The first-order valence-corrected chi connectivity index (χ1v) is 8.38. The highest BCUT2D eigenvalue weighted by molar-refractivity contribution is 7.89. The van der Waals surface area contributed by atoms with Gasteiger partial charge in [-0.15, -0.1) is 0 Å². The quantitative estimate of drug-likeness (QED) is 0.786. The van der Waals surface area contributed by atoms with Crippen LogP contribution in [0.5, 0.6) is 0 Å². The zero-order valence-electron chi connectivity index (χ0n) is 12.3. The number of sulfonamides is 1. The van der Waals surface area contributed by atoms with Crippen LogP contribution in [0.3, 0.4) is 0 Å². The molecule has 1 aliphatic carbocycles. The molecule has 5 nitrogen and oxygen atoms in total. The van der Waals surface area contributed by atoms with Crippen LogP contribution in [-0.4, -0.2) is 46.1 Å². The predicted molar refractivity (Wildman–Crippen MR) is 78.0 cm³/mol. The second-order valence-corrected chi connectivity index (χ2v) is 6.98. The highest BCUT2D eigenvalue weighted by Crippen LogP contribution is 2.33. The molecule has 1 aromatic rings. The summed E-state index contributed by atoms with van der Waals surface area (Å²) in [4.78, 5) is 0.0415. The van der Waals surface area contributed by atoms with Crippen LogP contribution in [0.2, 0.25) is 0 Å². The first-order valence-electron chi connectivity index (χ1n) is 6.94. The summed E-state index contributed by atoms with van der Waals surface area (Å²) in [6, 6.07) is 3.91. The Balaban J connectivity index is 2.38. The van der Waals surface area contributed by atoms with Crippen LogP contribution >= 0.6 is 0 Å². The summed E-state index contributed by atoms with van der Waals surface area (Å²) in [6.07, 6.45) is 1.69. The van der Waals surface area contributed by atoms with E-state index in [4.69, 9.17) is 4.74 Å². The summed E-state index contributed by atoms with van der Waals surface area (Å²) in [7, 11) is -0.453. The minimum atomic E-state index is -3.71. The van der Waals surface area contributed by atoms with Gasteiger partial charge in [-0.3, -0.25) is 0 Å². The largest absolute Gasteiger partial charge is 0.383 e. The Hall–Kier alpha value is -1.02. The Labute approximate surface area is 125 Å². The van der Waals surface area contributed by atoms with Gasteiger partial charge in [-0.25, -0.2) is 12.8 Å². The van der Waals surface area contributed by atoms with Crippen LogP contribution in [0.1, 0.15) is 18.4 Å². The lowest BCUT2D eigenvalue weighted by Gasteiger charge is -2.23.